The molecule has 0 bridgehead atoms. The van der Waals surface area contributed by atoms with E-state index in [9.17, 15) is 9.59 Å². The summed E-state index contributed by atoms with van der Waals surface area (Å²) in [7, 11) is 0. The Bertz CT molecular complexity index is 1490. The van der Waals surface area contributed by atoms with Gasteiger partial charge in [0, 0.05) is 11.6 Å². The van der Waals surface area contributed by atoms with Crippen LogP contribution in [0, 0.1) is 6.92 Å². The second-order valence-corrected chi connectivity index (χ2v) is 7.96. The van der Waals surface area contributed by atoms with Crippen LogP contribution in [-0.4, -0.2) is 48.5 Å². The van der Waals surface area contributed by atoms with Crippen LogP contribution in [-0.2, 0) is 9.53 Å². The Labute approximate surface area is 206 Å². The number of anilines is 1. The Hall–Kier alpha value is -5.12. The molecule has 36 heavy (non-hydrogen) atoms. The van der Waals surface area contributed by atoms with Gasteiger partial charge in [-0.15, -0.1) is 5.10 Å². The van der Waals surface area contributed by atoms with Crippen molar-refractivity contribution in [3.63, 3.8) is 0 Å². The van der Waals surface area contributed by atoms with E-state index in [2.05, 4.69) is 25.9 Å². The van der Waals surface area contributed by atoms with Gasteiger partial charge in [0.05, 0.1) is 22.6 Å². The fourth-order valence-electron chi connectivity index (χ4n) is 3.55. The van der Waals surface area contributed by atoms with Crippen LogP contribution < -0.4 is 5.32 Å². The van der Waals surface area contributed by atoms with Crippen molar-refractivity contribution in [2.24, 2.45) is 0 Å². The number of benzene rings is 3. The number of nitrogens with one attached hydrogen (secondary N) is 1. The number of carbonyl (C=O) groups excluding carboxylic acids is 2. The molecule has 0 aliphatic carbocycles. The van der Waals surface area contributed by atoms with Gasteiger partial charge in [0.1, 0.15) is 12.1 Å². The van der Waals surface area contributed by atoms with Crippen LogP contribution in [0.3, 0.4) is 0 Å². The lowest BCUT2D eigenvalue weighted by Gasteiger charge is -2.09. The van der Waals surface area contributed by atoms with E-state index < -0.39 is 18.5 Å². The first-order valence-corrected chi connectivity index (χ1v) is 11.1. The van der Waals surface area contributed by atoms with Crippen LogP contribution in [0.4, 0.5) is 5.82 Å². The molecule has 0 aliphatic heterocycles. The Morgan fingerprint density at radius 3 is 2.44 bits per heavy atom. The summed E-state index contributed by atoms with van der Waals surface area (Å²) in [5.41, 5.74) is 4.40. The van der Waals surface area contributed by atoms with E-state index in [-0.39, 0.29) is 5.56 Å². The summed E-state index contributed by atoms with van der Waals surface area (Å²) in [6, 6.07) is 25.8. The van der Waals surface area contributed by atoms with Gasteiger partial charge >= 0.3 is 5.97 Å². The SMILES string of the molecule is Cc1ccc(-c2cc(NC(=O)COC(=O)c3cccc(-n4cnnn4)c3)n(-c3ccccc3)n2)cc1. The third-order valence-electron chi connectivity index (χ3n) is 5.35. The smallest absolute Gasteiger partial charge is 0.338 e. The van der Waals surface area contributed by atoms with Crippen molar-refractivity contribution < 1.29 is 14.3 Å². The highest BCUT2D eigenvalue weighted by atomic mass is 16.5. The van der Waals surface area contributed by atoms with Crippen molar-refractivity contribution >= 4 is 17.7 Å². The van der Waals surface area contributed by atoms with Gasteiger partial charge in [0.15, 0.2) is 6.61 Å². The van der Waals surface area contributed by atoms with Gasteiger partial charge < -0.3 is 10.1 Å². The summed E-state index contributed by atoms with van der Waals surface area (Å²) in [5, 5.41) is 18.5. The van der Waals surface area contributed by atoms with E-state index in [0.717, 1.165) is 16.8 Å². The highest BCUT2D eigenvalue weighted by Gasteiger charge is 2.16. The average molecular weight is 480 g/mol. The standard InChI is InChI=1S/C26H21N7O3/c1-18-10-12-19(13-11-18)23-15-24(33(29-23)21-7-3-2-4-8-21)28-25(34)16-36-26(35)20-6-5-9-22(14-20)32-17-27-30-31-32/h2-15,17H,16H2,1H3,(H,28,34). The summed E-state index contributed by atoms with van der Waals surface area (Å²) in [4.78, 5) is 25.3. The molecule has 3 aromatic carbocycles. The maximum absolute atomic E-state index is 12.7. The number of hydrogen-bond acceptors (Lipinski definition) is 7. The molecule has 0 unspecified atom stereocenters. The molecule has 2 heterocycles. The second kappa shape index (κ2) is 10.0. The number of carbonyl (C=O) groups is 2. The molecule has 2 aromatic heterocycles. The fraction of sp³-hybridized carbons (Fsp3) is 0.0769. The monoisotopic (exact) mass is 479 g/mol. The van der Waals surface area contributed by atoms with Gasteiger partial charge in [-0.3, -0.25) is 4.79 Å². The predicted octanol–water partition coefficient (Wildman–Crippen LogP) is 3.62. The molecule has 1 N–H and O–H groups in total. The minimum absolute atomic E-state index is 0.270. The minimum atomic E-state index is -0.642. The zero-order chi connectivity index (χ0) is 24.9. The van der Waals surface area contributed by atoms with Crippen LogP contribution in [0.15, 0.2) is 91.3 Å². The lowest BCUT2D eigenvalue weighted by atomic mass is 10.1. The van der Waals surface area contributed by atoms with E-state index in [0.29, 0.717) is 17.2 Å². The Balaban J connectivity index is 1.31. The molecule has 0 atom stereocenters. The Kier molecular flexibility index (Phi) is 6.31. The molecular formula is C26H21N7O3. The van der Waals surface area contributed by atoms with Gasteiger partial charge in [-0.2, -0.15) is 5.10 Å². The molecule has 178 valence electrons. The van der Waals surface area contributed by atoms with Crippen molar-refractivity contribution in [2.75, 3.05) is 11.9 Å². The number of nitrogens with zero attached hydrogens (tertiary/aromatic N) is 6. The number of esters is 1. The van der Waals surface area contributed by atoms with Gasteiger partial charge in [-0.05, 0) is 47.7 Å². The third-order valence-corrected chi connectivity index (χ3v) is 5.35. The zero-order valence-corrected chi connectivity index (χ0v) is 19.3. The Morgan fingerprint density at radius 1 is 0.917 bits per heavy atom. The molecule has 0 saturated carbocycles. The van der Waals surface area contributed by atoms with Crippen molar-refractivity contribution in [1.82, 2.24) is 30.0 Å². The quantitative estimate of drug-likeness (QED) is 0.354. The zero-order valence-electron chi connectivity index (χ0n) is 19.3. The molecule has 1 amide bonds. The first-order chi connectivity index (χ1) is 17.6. The van der Waals surface area contributed by atoms with Crippen molar-refractivity contribution in [1.29, 1.82) is 0 Å². The number of amides is 1. The first-order valence-electron chi connectivity index (χ1n) is 11.1. The largest absolute Gasteiger partial charge is 0.452 e. The first kappa shape index (κ1) is 22.7. The van der Waals surface area contributed by atoms with E-state index >= 15 is 0 Å². The van der Waals surface area contributed by atoms with E-state index in [1.54, 1.807) is 35.0 Å². The number of ether oxygens (including phenoxy) is 1. The van der Waals surface area contributed by atoms with Gasteiger partial charge in [-0.1, -0.05) is 54.1 Å². The molecule has 0 radical (unpaired) electrons. The van der Waals surface area contributed by atoms with Crippen LogP contribution in [0.2, 0.25) is 0 Å². The van der Waals surface area contributed by atoms with Gasteiger partial charge in [0.2, 0.25) is 0 Å². The maximum atomic E-state index is 12.7. The molecule has 5 rings (SSSR count). The minimum Gasteiger partial charge on any atom is -0.452 e. The molecule has 10 nitrogen and oxygen atoms in total. The highest BCUT2D eigenvalue weighted by Crippen LogP contribution is 2.25. The van der Waals surface area contributed by atoms with Crippen molar-refractivity contribution in [3.05, 3.63) is 102 Å². The number of hydrogen-bond donors (Lipinski definition) is 1. The number of aryl methyl sites for hydroxylation is 1. The molecule has 0 spiro atoms. The molecule has 0 fully saturated rings. The number of tetrazole rings is 1. The molecule has 0 saturated heterocycles. The van der Waals surface area contributed by atoms with Crippen LogP contribution in [0.25, 0.3) is 22.6 Å². The molecular weight excluding hydrogens is 458 g/mol. The number of aromatic nitrogens is 6. The number of rotatable bonds is 7. The van der Waals surface area contributed by atoms with Crippen molar-refractivity contribution in [2.45, 2.75) is 6.92 Å². The summed E-state index contributed by atoms with van der Waals surface area (Å²) in [6.07, 6.45) is 1.42. The summed E-state index contributed by atoms with van der Waals surface area (Å²) < 4.78 is 8.30. The average Bonchev–Trinajstić information content (AvgIpc) is 3.59. The van der Waals surface area contributed by atoms with Crippen LogP contribution in [0.1, 0.15) is 15.9 Å². The van der Waals surface area contributed by atoms with Crippen LogP contribution >= 0.6 is 0 Å². The lowest BCUT2D eigenvalue weighted by Crippen LogP contribution is -2.22. The van der Waals surface area contributed by atoms with Crippen molar-refractivity contribution in [3.8, 4) is 22.6 Å². The topological polar surface area (TPSA) is 117 Å². The highest BCUT2D eigenvalue weighted by molar-refractivity contribution is 5.95. The molecule has 0 aliphatic rings. The second-order valence-electron chi connectivity index (χ2n) is 7.96. The van der Waals surface area contributed by atoms with E-state index in [1.807, 2.05) is 61.5 Å². The van der Waals surface area contributed by atoms with Gasteiger partial charge in [-0.25, -0.2) is 14.2 Å². The molecule has 5 aromatic rings. The normalized spacial score (nSPS) is 10.7. The summed E-state index contributed by atoms with van der Waals surface area (Å²) >= 11 is 0. The van der Waals surface area contributed by atoms with E-state index in [4.69, 9.17) is 4.74 Å². The molecule has 10 heteroatoms. The fourth-order valence-corrected chi connectivity index (χ4v) is 3.55. The Morgan fingerprint density at radius 2 is 1.69 bits per heavy atom. The summed E-state index contributed by atoms with van der Waals surface area (Å²) in [6.45, 7) is 1.55. The van der Waals surface area contributed by atoms with Crippen LogP contribution in [0.5, 0.6) is 0 Å². The number of para-hydroxylation sites is 1. The maximum Gasteiger partial charge on any atom is 0.338 e. The third kappa shape index (κ3) is 5.02. The summed E-state index contributed by atoms with van der Waals surface area (Å²) in [5.74, 6) is -0.678. The lowest BCUT2D eigenvalue weighted by molar-refractivity contribution is -0.119. The van der Waals surface area contributed by atoms with Gasteiger partial charge in [0.25, 0.3) is 5.91 Å². The van der Waals surface area contributed by atoms with E-state index in [1.165, 1.54) is 11.0 Å². The predicted molar refractivity (Wildman–Crippen MR) is 132 cm³/mol.